The van der Waals surface area contributed by atoms with Gasteiger partial charge in [-0.25, -0.2) is 19.6 Å². The summed E-state index contributed by atoms with van der Waals surface area (Å²) in [6, 6.07) is 13.2. The minimum atomic E-state index is -0.697. The van der Waals surface area contributed by atoms with Gasteiger partial charge in [-0.1, -0.05) is 32.0 Å². The maximum atomic E-state index is 13.6. The number of fused-ring (bicyclic) bond motifs is 2. The first kappa shape index (κ1) is 35.4. The number of ether oxygens (including phenoxy) is 2. The van der Waals surface area contributed by atoms with E-state index in [1.54, 1.807) is 11.1 Å². The number of carbonyl (C=O) groups is 4. The Bertz CT molecular complexity index is 2180. The van der Waals surface area contributed by atoms with Crippen molar-refractivity contribution >= 4 is 45.9 Å². The van der Waals surface area contributed by atoms with Gasteiger partial charge >= 0.3 is 12.2 Å². The van der Waals surface area contributed by atoms with Crippen LogP contribution in [0.5, 0.6) is 0 Å². The SMILES string of the molecule is COC(=O)NCC(=O)N1CCC[C@H]1c1ncc(-c2cnc3cc(-c4ccc5nc([C@@H]6CCCN6C(=O)[C@@H](NC(=O)OC)C(C)C)[nH]c5c4)ccc3c2)[nH]1. The zero-order valence-electron chi connectivity index (χ0n) is 30.1. The van der Waals surface area contributed by atoms with Crippen LogP contribution in [0.2, 0.25) is 0 Å². The molecule has 4 amide bonds. The van der Waals surface area contributed by atoms with Crippen LogP contribution in [0.15, 0.2) is 54.9 Å². The lowest BCUT2D eigenvalue weighted by Gasteiger charge is -2.29. The maximum absolute atomic E-state index is 13.6. The summed E-state index contributed by atoms with van der Waals surface area (Å²) < 4.78 is 9.34. The molecule has 0 radical (unpaired) electrons. The molecule has 15 nitrogen and oxygen atoms in total. The molecule has 0 spiro atoms. The third-order valence-corrected chi connectivity index (χ3v) is 10.1. The summed E-state index contributed by atoms with van der Waals surface area (Å²) in [5.74, 6) is 0.969. The Balaban J connectivity index is 1.07. The van der Waals surface area contributed by atoms with E-state index in [4.69, 9.17) is 14.7 Å². The molecule has 4 N–H and O–H groups in total. The fraction of sp³-hybridized carbons (Fsp3) is 0.395. The minimum Gasteiger partial charge on any atom is -0.453 e. The number of nitrogens with zero attached hydrogens (tertiary/aromatic N) is 5. The number of H-pyrrole nitrogens is 2. The molecule has 2 aromatic carbocycles. The molecule has 3 atom stereocenters. The van der Waals surface area contributed by atoms with E-state index in [9.17, 15) is 19.2 Å². The van der Waals surface area contributed by atoms with Crippen LogP contribution in [-0.2, 0) is 19.1 Å². The summed E-state index contributed by atoms with van der Waals surface area (Å²) in [7, 11) is 2.55. The van der Waals surface area contributed by atoms with Crippen LogP contribution >= 0.6 is 0 Å². The molecule has 0 aliphatic carbocycles. The highest BCUT2D eigenvalue weighted by Gasteiger charge is 2.37. The Hall–Kier alpha value is -5.99. The second kappa shape index (κ2) is 14.9. The topological polar surface area (TPSA) is 188 Å². The fourth-order valence-corrected chi connectivity index (χ4v) is 7.33. The van der Waals surface area contributed by atoms with Crippen molar-refractivity contribution in [1.82, 2.24) is 45.4 Å². The molecule has 0 bridgehead atoms. The number of alkyl carbamates (subject to hydrolysis) is 2. The average molecular weight is 722 g/mol. The Morgan fingerprint density at radius 2 is 1.53 bits per heavy atom. The zero-order valence-corrected chi connectivity index (χ0v) is 30.1. The van der Waals surface area contributed by atoms with E-state index in [-0.39, 0.29) is 36.4 Å². The predicted octanol–water partition coefficient (Wildman–Crippen LogP) is 5.23. The first-order valence-corrected chi connectivity index (χ1v) is 17.8. The van der Waals surface area contributed by atoms with Gasteiger partial charge in [-0.3, -0.25) is 14.6 Å². The Kier molecular flexibility index (Phi) is 9.98. The normalized spacial score (nSPS) is 17.8. The summed E-state index contributed by atoms with van der Waals surface area (Å²) in [6.07, 6.45) is 5.53. The third kappa shape index (κ3) is 7.23. The van der Waals surface area contributed by atoms with Crippen molar-refractivity contribution < 1.29 is 28.7 Å². The highest BCUT2D eigenvalue weighted by atomic mass is 16.5. The van der Waals surface area contributed by atoms with Gasteiger partial charge in [0.2, 0.25) is 11.8 Å². The zero-order chi connectivity index (χ0) is 37.2. The molecular weight excluding hydrogens is 678 g/mol. The lowest BCUT2D eigenvalue weighted by Crippen LogP contribution is -2.51. The first-order chi connectivity index (χ1) is 25.6. The van der Waals surface area contributed by atoms with Gasteiger partial charge in [0.25, 0.3) is 0 Å². The second-order valence-electron chi connectivity index (χ2n) is 13.8. The number of pyridine rings is 1. The van der Waals surface area contributed by atoms with Gasteiger partial charge in [-0.2, -0.15) is 0 Å². The van der Waals surface area contributed by atoms with Gasteiger partial charge in [0, 0.05) is 30.2 Å². The molecular formula is C38H43N9O6. The van der Waals surface area contributed by atoms with Crippen LogP contribution in [0.1, 0.15) is 63.3 Å². The van der Waals surface area contributed by atoms with Crippen LogP contribution in [0.4, 0.5) is 9.59 Å². The standard InChI is InChI=1S/C38H43N9O6/c1-21(2)33(45-38(51)53-4)36(49)47-14-6-8-31(47)35-42-26-12-11-23(17-28(26)43-35)22-9-10-24-15-25(18-39-27(24)16-22)29-19-40-34(44-29)30-7-5-13-46(30)32(48)20-41-37(50)52-3/h9-12,15-19,21,30-31,33H,5-8,13-14,20H2,1-4H3,(H,40,44)(H,41,50)(H,42,43)(H,45,51)/t30-,31-,33-/m0/s1. The number of hydrogen-bond donors (Lipinski definition) is 4. The van der Waals surface area contributed by atoms with Gasteiger partial charge in [0.15, 0.2) is 0 Å². The largest absolute Gasteiger partial charge is 0.453 e. The first-order valence-electron chi connectivity index (χ1n) is 17.8. The van der Waals surface area contributed by atoms with Crippen molar-refractivity contribution in [2.45, 2.75) is 57.7 Å². The van der Waals surface area contributed by atoms with Crippen molar-refractivity contribution in [3.63, 3.8) is 0 Å². The quantitative estimate of drug-likeness (QED) is 0.158. The molecule has 2 fully saturated rings. The predicted molar refractivity (Wildman–Crippen MR) is 196 cm³/mol. The summed E-state index contributed by atoms with van der Waals surface area (Å²) in [4.78, 5) is 74.5. The molecule has 2 aliphatic heterocycles. The van der Waals surface area contributed by atoms with Crippen molar-refractivity contribution in [2.75, 3.05) is 33.9 Å². The van der Waals surface area contributed by atoms with Crippen LogP contribution in [-0.4, -0.2) is 98.6 Å². The number of amides is 4. The molecule has 0 saturated carbocycles. The van der Waals surface area contributed by atoms with Gasteiger partial charge in [-0.05, 0) is 67.0 Å². The van der Waals surface area contributed by atoms with Crippen LogP contribution in [0.25, 0.3) is 44.3 Å². The van der Waals surface area contributed by atoms with Gasteiger partial charge in [0.1, 0.15) is 24.2 Å². The van der Waals surface area contributed by atoms with Crippen molar-refractivity contribution in [2.24, 2.45) is 5.92 Å². The number of methoxy groups -OCH3 is 2. The molecule has 2 saturated heterocycles. The molecule has 0 unspecified atom stereocenters. The Morgan fingerprint density at radius 1 is 0.811 bits per heavy atom. The lowest BCUT2D eigenvalue weighted by atomic mass is 10.0. The monoisotopic (exact) mass is 721 g/mol. The van der Waals surface area contributed by atoms with E-state index in [0.717, 1.165) is 75.8 Å². The Morgan fingerprint density at radius 3 is 2.28 bits per heavy atom. The average Bonchev–Trinajstić information content (AvgIpc) is 4.00. The molecule has 15 heteroatoms. The number of aromatic amines is 2. The van der Waals surface area contributed by atoms with Crippen molar-refractivity contribution in [1.29, 1.82) is 0 Å². The molecule has 2 aliphatic rings. The molecule has 5 heterocycles. The summed E-state index contributed by atoms with van der Waals surface area (Å²) in [5.41, 5.74) is 6.18. The van der Waals surface area contributed by atoms with Crippen LogP contribution < -0.4 is 10.6 Å². The molecule has 3 aromatic heterocycles. The summed E-state index contributed by atoms with van der Waals surface area (Å²) >= 11 is 0. The molecule has 276 valence electrons. The number of hydrogen-bond acceptors (Lipinski definition) is 9. The number of carbonyl (C=O) groups excluding carboxylic acids is 4. The van der Waals surface area contributed by atoms with E-state index >= 15 is 0 Å². The number of benzene rings is 2. The van der Waals surface area contributed by atoms with Crippen LogP contribution in [0, 0.1) is 5.92 Å². The number of aromatic nitrogens is 5. The lowest BCUT2D eigenvalue weighted by molar-refractivity contribution is -0.135. The summed E-state index contributed by atoms with van der Waals surface area (Å²) in [5, 5.41) is 6.12. The molecule has 7 rings (SSSR count). The van der Waals surface area contributed by atoms with Gasteiger partial charge in [0.05, 0.1) is 54.7 Å². The second-order valence-corrected chi connectivity index (χ2v) is 13.8. The maximum Gasteiger partial charge on any atom is 0.407 e. The minimum absolute atomic E-state index is 0.112. The van der Waals surface area contributed by atoms with E-state index in [1.807, 2.05) is 43.1 Å². The molecule has 53 heavy (non-hydrogen) atoms. The van der Waals surface area contributed by atoms with Crippen molar-refractivity contribution in [3.05, 3.63) is 66.5 Å². The fourth-order valence-electron chi connectivity index (χ4n) is 7.33. The highest BCUT2D eigenvalue weighted by molar-refractivity contribution is 5.90. The van der Waals surface area contributed by atoms with Gasteiger partial charge < -0.3 is 39.9 Å². The van der Waals surface area contributed by atoms with Crippen molar-refractivity contribution in [3.8, 4) is 22.4 Å². The van der Waals surface area contributed by atoms with Gasteiger partial charge in [-0.15, -0.1) is 0 Å². The number of likely N-dealkylation sites (tertiary alicyclic amines) is 2. The van der Waals surface area contributed by atoms with E-state index in [1.165, 1.54) is 14.2 Å². The van der Waals surface area contributed by atoms with E-state index in [0.29, 0.717) is 18.9 Å². The smallest absolute Gasteiger partial charge is 0.407 e. The molecule has 5 aromatic rings. The van der Waals surface area contributed by atoms with E-state index < -0.39 is 18.2 Å². The van der Waals surface area contributed by atoms with Crippen LogP contribution in [0.3, 0.4) is 0 Å². The number of imidazole rings is 2. The Labute approximate surface area is 305 Å². The summed E-state index contributed by atoms with van der Waals surface area (Å²) in [6.45, 7) is 4.84. The van der Waals surface area contributed by atoms with E-state index in [2.05, 4.69) is 54.6 Å². The number of rotatable bonds is 9. The third-order valence-electron chi connectivity index (χ3n) is 10.1. The number of nitrogens with one attached hydrogen (secondary N) is 4. The highest BCUT2D eigenvalue weighted by Crippen LogP contribution is 2.35.